The summed E-state index contributed by atoms with van der Waals surface area (Å²) in [4.78, 5) is 12.3. The third kappa shape index (κ3) is 3.83. The highest BCUT2D eigenvalue weighted by molar-refractivity contribution is 5.87. The maximum Gasteiger partial charge on any atom is 0.143 e. The van der Waals surface area contributed by atoms with E-state index in [-0.39, 0.29) is 5.41 Å². The lowest BCUT2D eigenvalue weighted by atomic mass is 9.71. The van der Waals surface area contributed by atoms with Crippen LogP contribution in [0.1, 0.15) is 59.3 Å². The summed E-state index contributed by atoms with van der Waals surface area (Å²) >= 11 is 0. The number of carbonyl (C=O) groups excluding carboxylic acids is 1. The fourth-order valence-corrected chi connectivity index (χ4v) is 2.34. The molecule has 0 amide bonds. The topological polar surface area (TPSA) is 17.1 Å². The van der Waals surface area contributed by atoms with Gasteiger partial charge in [-0.25, -0.2) is 0 Å². The molecule has 1 aliphatic carbocycles. The van der Waals surface area contributed by atoms with Crippen LogP contribution < -0.4 is 0 Å². The first-order valence-corrected chi connectivity index (χ1v) is 7.00. The Labute approximate surface area is 106 Å². The highest BCUT2D eigenvalue weighted by Gasteiger charge is 2.34. The van der Waals surface area contributed by atoms with Gasteiger partial charge in [-0.05, 0) is 19.3 Å². The minimum atomic E-state index is -0.264. The Balaban J connectivity index is 2.36. The summed E-state index contributed by atoms with van der Waals surface area (Å²) in [6.07, 6.45) is 15.1. The van der Waals surface area contributed by atoms with Crippen molar-refractivity contribution in [1.29, 1.82) is 0 Å². The Bertz CT molecular complexity index is 301. The second-order valence-corrected chi connectivity index (χ2v) is 5.40. The molecule has 0 fully saturated rings. The molecule has 0 N–H and O–H groups in total. The Morgan fingerprint density at radius 2 is 1.88 bits per heavy atom. The first-order valence-electron chi connectivity index (χ1n) is 7.00. The van der Waals surface area contributed by atoms with Gasteiger partial charge in [-0.3, -0.25) is 4.79 Å². The van der Waals surface area contributed by atoms with Crippen molar-refractivity contribution in [2.24, 2.45) is 11.3 Å². The fraction of sp³-hybridized carbons (Fsp3) is 0.688. The standard InChI is InChI=1S/C16H26O/c1-4-5-6-7-8-12-15(17)16(3)13-10-9-11-14(16)2/h9-11,13-14H,4-8,12H2,1-3H3. The molecule has 1 aliphatic rings. The van der Waals surface area contributed by atoms with Gasteiger partial charge in [-0.2, -0.15) is 0 Å². The molecule has 0 aliphatic heterocycles. The van der Waals surface area contributed by atoms with E-state index in [4.69, 9.17) is 0 Å². The van der Waals surface area contributed by atoms with E-state index in [2.05, 4.69) is 32.9 Å². The molecule has 0 spiro atoms. The number of ketones is 1. The number of Topliss-reactive ketones (excluding diaryl/α,β-unsaturated/α-hetero) is 1. The van der Waals surface area contributed by atoms with Crippen LogP contribution >= 0.6 is 0 Å². The molecule has 0 saturated carbocycles. The summed E-state index contributed by atoms with van der Waals surface area (Å²) in [5.74, 6) is 0.734. The van der Waals surface area contributed by atoms with Gasteiger partial charge in [0.15, 0.2) is 0 Å². The number of rotatable bonds is 7. The average molecular weight is 234 g/mol. The summed E-state index contributed by atoms with van der Waals surface area (Å²) in [6.45, 7) is 6.42. The van der Waals surface area contributed by atoms with E-state index in [9.17, 15) is 4.79 Å². The molecule has 1 heteroatoms. The number of carbonyl (C=O) groups is 1. The molecule has 0 saturated heterocycles. The van der Waals surface area contributed by atoms with Crippen molar-refractivity contribution in [3.8, 4) is 0 Å². The second kappa shape index (κ2) is 6.78. The van der Waals surface area contributed by atoms with Crippen LogP contribution in [0.3, 0.4) is 0 Å². The Morgan fingerprint density at radius 1 is 1.18 bits per heavy atom. The van der Waals surface area contributed by atoms with E-state index >= 15 is 0 Å². The van der Waals surface area contributed by atoms with Crippen LogP contribution in [0, 0.1) is 11.3 Å². The van der Waals surface area contributed by atoms with Gasteiger partial charge in [-0.1, -0.05) is 63.8 Å². The highest BCUT2D eigenvalue weighted by Crippen LogP contribution is 2.35. The monoisotopic (exact) mass is 234 g/mol. The quantitative estimate of drug-likeness (QED) is 0.584. The molecule has 17 heavy (non-hydrogen) atoms. The van der Waals surface area contributed by atoms with Gasteiger partial charge >= 0.3 is 0 Å². The van der Waals surface area contributed by atoms with Crippen LogP contribution in [0.15, 0.2) is 24.3 Å². The van der Waals surface area contributed by atoms with Crippen molar-refractivity contribution in [1.82, 2.24) is 0 Å². The predicted octanol–water partition coefficient (Wildman–Crippen LogP) is 4.68. The molecule has 1 nitrogen and oxygen atoms in total. The van der Waals surface area contributed by atoms with E-state index in [1.54, 1.807) is 0 Å². The van der Waals surface area contributed by atoms with Gasteiger partial charge in [0, 0.05) is 6.42 Å². The molecular formula is C16H26O. The molecule has 0 aromatic heterocycles. The summed E-state index contributed by atoms with van der Waals surface area (Å²) < 4.78 is 0. The van der Waals surface area contributed by atoms with Gasteiger partial charge in [0.2, 0.25) is 0 Å². The number of hydrogen-bond acceptors (Lipinski definition) is 1. The molecule has 1 rings (SSSR count). The van der Waals surface area contributed by atoms with Crippen LogP contribution in [0.25, 0.3) is 0 Å². The molecule has 2 atom stereocenters. The molecule has 0 heterocycles. The number of hydrogen-bond donors (Lipinski definition) is 0. The van der Waals surface area contributed by atoms with Gasteiger partial charge in [0.25, 0.3) is 0 Å². The first kappa shape index (κ1) is 14.2. The normalized spacial score (nSPS) is 27.4. The third-order valence-electron chi connectivity index (χ3n) is 4.01. The molecule has 2 unspecified atom stereocenters. The lowest BCUT2D eigenvalue weighted by Gasteiger charge is -2.31. The van der Waals surface area contributed by atoms with Crippen LogP contribution in [0.5, 0.6) is 0 Å². The maximum atomic E-state index is 12.3. The van der Waals surface area contributed by atoms with E-state index in [0.29, 0.717) is 11.7 Å². The lowest BCUT2D eigenvalue weighted by Crippen LogP contribution is -2.32. The first-order chi connectivity index (χ1) is 8.11. The van der Waals surface area contributed by atoms with Gasteiger partial charge in [0.1, 0.15) is 5.78 Å². The van der Waals surface area contributed by atoms with Gasteiger partial charge in [-0.15, -0.1) is 0 Å². The van der Waals surface area contributed by atoms with Crippen molar-refractivity contribution in [3.63, 3.8) is 0 Å². The smallest absolute Gasteiger partial charge is 0.143 e. The van der Waals surface area contributed by atoms with E-state index in [1.165, 1.54) is 25.7 Å². The van der Waals surface area contributed by atoms with Gasteiger partial charge < -0.3 is 0 Å². The fourth-order valence-electron chi connectivity index (χ4n) is 2.34. The third-order valence-corrected chi connectivity index (χ3v) is 4.01. The van der Waals surface area contributed by atoms with Crippen LogP contribution in [-0.4, -0.2) is 5.78 Å². The zero-order valence-electron chi connectivity index (χ0n) is 11.5. The van der Waals surface area contributed by atoms with Crippen molar-refractivity contribution < 1.29 is 4.79 Å². The van der Waals surface area contributed by atoms with Crippen LogP contribution in [0.2, 0.25) is 0 Å². The Kier molecular flexibility index (Phi) is 5.67. The van der Waals surface area contributed by atoms with E-state index in [0.717, 1.165) is 12.8 Å². The van der Waals surface area contributed by atoms with Crippen LogP contribution in [-0.2, 0) is 4.79 Å². The predicted molar refractivity (Wildman–Crippen MR) is 73.9 cm³/mol. The zero-order chi connectivity index (χ0) is 12.7. The summed E-state index contributed by atoms with van der Waals surface area (Å²) in [7, 11) is 0. The molecule has 0 bridgehead atoms. The van der Waals surface area contributed by atoms with Crippen molar-refractivity contribution in [2.45, 2.75) is 59.3 Å². The molecule has 0 aromatic rings. The highest BCUT2D eigenvalue weighted by atomic mass is 16.1. The SMILES string of the molecule is CCCCCCCC(=O)C1(C)C=CC=CC1C. The van der Waals surface area contributed by atoms with Crippen molar-refractivity contribution in [3.05, 3.63) is 24.3 Å². The Morgan fingerprint density at radius 3 is 2.53 bits per heavy atom. The molecular weight excluding hydrogens is 208 g/mol. The molecule has 0 radical (unpaired) electrons. The van der Waals surface area contributed by atoms with Gasteiger partial charge in [0.05, 0.1) is 5.41 Å². The minimum absolute atomic E-state index is 0.264. The van der Waals surface area contributed by atoms with E-state index in [1.807, 2.05) is 12.2 Å². The average Bonchev–Trinajstić information content (AvgIpc) is 2.32. The van der Waals surface area contributed by atoms with Crippen molar-refractivity contribution in [2.75, 3.05) is 0 Å². The zero-order valence-corrected chi connectivity index (χ0v) is 11.5. The lowest BCUT2D eigenvalue weighted by molar-refractivity contribution is -0.127. The summed E-state index contributed by atoms with van der Waals surface area (Å²) in [6, 6.07) is 0. The molecule has 0 aromatic carbocycles. The van der Waals surface area contributed by atoms with Crippen LogP contribution in [0.4, 0.5) is 0 Å². The minimum Gasteiger partial charge on any atom is -0.299 e. The summed E-state index contributed by atoms with van der Waals surface area (Å²) in [5, 5.41) is 0. The maximum absolute atomic E-state index is 12.3. The number of unbranched alkanes of at least 4 members (excludes halogenated alkanes) is 4. The van der Waals surface area contributed by atoms with E-state index < -0.39 is 0 Å². The Hall–Kier alpha value is -0.850. The largest absolute Gasteiger partial charge is 0.299 e. The number of allylic oxidation sites excluding steroid dienone is 4. The van der Waals surface area contributed by atoms with Crippen molar-refractivity contribution >= 4 is 5.78 Å². The molecule has 96 valence electrons. The summed E-state index contributed by atoms with van der Waals surface area (Å²) in [5.41, 5.74) is -0.264. The second-order valence-electron chi connectivity index (χ2n) is 5.40.